The number of carbonyl (C=O) groups is 1. The van der Waals surface area contributed by atoms with Gasteiger partial charge in [-0.3, -0.25) is 4.79 Å². The molecule has 1 heterocycles. The van der Waals surface area contributed by atoms with Gasteiger partial charge in [-0.1, -0.05) is 65.9 Å². The topological polar surface area (TPSA) is 47.6 Å². The molecular formula is C21H18ClNO3S2. The van der Waals surface area contributed by atoms with Gasteiger partial charge in [-0.05, 0) is 41.8 Å². The molecule has 1 amide bonds. The van der Waals surface area contributed by atoms with Gasteiger partial charge in [0.2, 0.25) is 0 Å². The molecule has 1 saturated heterocycles. The van der Waals surface area contributed by atoms with Crippen LogP contribution in [0.15, 0.2) is 60.0 Å². The summed E-state index contributed by atoms with van der Waals surface area (Å²) in [5.41, 5.74) is 1.88. The number of para-hydroxylation sites is 1. The summed E-state index contributed by atoms with van der Waals surface area (Å²) >= 11 is 12.5. The summed E-state index contributed by atoms with van der Waals surface area (Å²) in [4.78, 5) is 12.3. The minimum absolute atomic E-state index is 0.194. The molecule has 1 fully saturated rings. The molecule has 0 unspecified atom stereocenters. The maximum atomic E-state index is 11.7. The largest absolute Gasteiger partial charge is 0.490 e. The van der Waals surface area contributed by atoms with Crippen LogP contribution in [0.3, 0.4) is 0 Å². The molecule has 144 valence electrons. The molecule has 2 aromatic rings. The number of amides is 1. The van der Waals surface area contributed by atoms with Crippen molar-refractivity contribution in [3.8, 4) is 11.5 Å². The summed E-state index contributed by atoms with van der Waals surface area (Å²) in [5.74, 6) is 1.19. The fourth-order valence-electron chi connectivity index (χ4n) is 2.57. The van der Waals surface area contributed by atoms with Crippen LogP contribution in [-0.4, -0.2) is 23.4 Å². The number of allylic oxidation sites excluding steroid dienone is 1. The van der Waals surface area contributed by atoms with E-state index in [1.807, 2.05) is 36.4 Å². The van der Waals surface area contributed by atoms with Gasteiger partial charge in [0.25, 0.3) is 5.91 Å². The van der Waals surface area contributed by atoms with E-state index < -0.39 is 0 Å². The van der Waals surface area contributed by atoms with E-state index in [2.05, 4.69) is 11.9 Å². The number of benzene rings is 2. The third-order valence-electron chi connectivity index (χ3n) is 3.83. The van der Waals surface area contributed by atoms with Gasteiger partial charge in [0.05, 0.1) is 9.93 Å². The third-order valence-corrected chi connectivity index (χ3v) is 5.29. The van der Waals surface area contributed by atoms with Crippen LogP contribution < -0.4 is 14.8 Å². The highest BCUT2D eigenvalue weighted by Gasteiger charge is 2.22. The summed E-state index contributed by atoms with van der Waals surface area (Å²) in [6.07, 6.45) is 4.34. The first kappa shape index (κ1) is 20.5. The van der Waals surface area contributed by atoms with Crippen molar-refractivity contribution in [2.75, 3.05) is 13.2 Å². The Morgan fingerprint density at radius 3 is 2.57 bits per heavy atom. The minimum Gasteiger partial charge on any atom is -0.490 e. The summed E-state index contributed by atoms with van der Waals surface area (Å²) in [6.45, 7) is 4.51. The lowest BCUT2D eigenvalue weighted by molar-refractivity contribution is -0.115. The molecule has 3 rings (SSSR count). The van der Waals surface area contributed by atoms with Crippen molar-refractivity contribution in [3.63, 3.8) is 0 Å². The van der Waals surface area contributed by atoms with Crippen molar-refractivity contribution in [1.82, 2.24) is 5.32 Å². The lowest BCUT2D eigenvalue weighted by Gasteiger charge is -2.12. The molecule has 0 bridgehead atoms. The zero-order valence-corrected chi connectivity index (χ0v) is 17.3. The lowest BCUT2D eigenvalue weighted by Crippen LogP contribution is -2.17. The molecule has 1 aliphatic heterocycles. The minimum atomic E-state index is -0.194. The predicted molar refractivity (Wildman–Crippen MR) is 119 cm³/mol. The highest BCUT2D eigenvalue weighted by molar-refractivity contribution is 8.26. The molecule has 28 heavy (non-hydrogen) atoms. The summed E-state index contributed by atoms with van der Waals surface area (Å²) < 4.78 is 12.0. The maximum absolute atomic E-state index is 11.7. The molecule has 4 nitrogen and oxygen atoms in total. The molecule has 7 heteroatoms. The Labute approximate surface area is 178 Å². The first-order valence-electron chi connectivity index (χ1n) is 8.55. The Morgan fingerprint density at radius 1 is 1.14 bits per heavy atom. The van der Waals surface area contributed by atoms with Gasteiger partial charge in [0, 0.05) is 0 Å². The fourth-order valence-corrected chi connectivity index (χ4v) is 3.86. The molecule has 1 N–H and O–H groups in total. The van der Waals surface area contributed by atoms with Gasteiger partial charge in [-0.25, -0.2) is 0 Å². The van der Waals surface area contributed by atoms with Gasteiger partial charge in [0.1, 0.15) is 29.0 Å². The Balaban J connectivity index is 1.56. The molecule has 1 aliphatic rings. The summed E-state index contributed by atoms with van der Waals surface area (Å²) in [6, 6.07) is 13.2. The Hall–Kier alpha value is -2.28. The van der Waals surface area contributed by atoms with E-state index in [1.54, 1.807) is 18.2 Å². The quantitative estimate of drug-likeness (QED) is 0.275. The molecule has 0 atom stereocenters. The van der Waals surface area contributed by atoms with Crippen LogP contribution in [-0.2, 0) is 11.2 Å². The van der Waals surface area contributed by atoms with Crippen LogP contribution >= 0.6 is 35.6 Å². The van der Waals surface area contributed by atoms with E-state index in [1.165, 1.54) is 11.8 Å². The van der Waals surface area contributed by atoms with Gasteiger partial charge in [-0.15, -0.1) is 6.58 Å². The van der Waals surface area contributed by atoms with E-state index in [9.17, 15) is 4.79 Å². The molecular weight excluding hydrogens is 414 g/mol. The number of thioether (sulfide) groups is 1. The van der Waals surface area contributed by atoms with Crippen molar-refractivity contribution in [2.24, 2.45) is 0 Å². The summed E-state index contributed by atoms with van der Waals surface area (Å²) in [5, 5.41) is 3.05. The molecule has 2 aromatic carbocycles. The molecule has 0 spiro atoms. The average Bonchev–Trinajstić information content (AvgIpc) is 2.98. The van der Waals surface area contributed by atoms with Crippen LogP contribution in [0.5, 0.6) is 11.5 Å². The van der Waals surface area contributed by atoms with Crippen molar-refractivity contribution in [3.05, 3.63) is 76.2 Å². The fraction of sp³-hybridized carbons (Fsp3) is 0.143. The Kier molecular flexibility index (Phi) is 7.14. The maximum Gasteiger partial charge on any atom is 0.263 e. The van der Waals surface area contributed by atoms with Crippen molar-refractivity contribution < 1.29 is 14.3 Å². The average molecular weight is 432 g/mol. The highest BCUT2D eigenvalue weighted by Crippen LogP contribution is 2.30. The second kappa shape index (κ2) is 9.78. The number of nitrogens with one attached hydrogen (secondary N) is 1. The third kappa shape index (κ3) is 5.38. The summed E-state index contributed by atoms with van der Waals surface area (Å²) in [7, 11) is 0. The Morgan fingerprint density at radius 2 is 1.89 bits per heavy atom. The smallest absolute Gasteiger partial charge is 0.263 e. The normalized spacial score (nSPS) is 14.8. The van der Waals surface area contributed by atoms with Crippen LogP contribution in [0.2, 0.25) is 5.02 Å². The van der Waals surface area contributed by atoms with Gasteiger partial charge < -0.3 is 14.8 Å². The molecule has 0 radical (unpaired) electrons. The number of ether oxygens (including phenoxy) is 2. The standard InChI is InChI=1S/C21H18ClNO3S2/c1-2-5-15-6-3-4-7-17(15)25-10-11-26-18-9-8-14(12-16(18)22)13-19-20(24)23-21(27)28-19/h2-4,6-9,12-13H,1,5,10-11H2,(H,23,24,27). The van der Waals surface area contributed by atoms with Crippen LogP contribution in [0.4, 0.5) is 0 Å². The number of hydrogen-bond donors (Lipinski definition) is 1. The number of thiocarbonyl (C=S) groups is 1. The number of halogens is 1. The van der Waals surface area contributed by atoms with Crippen molar-refractivity contribution in [1.29, 1.82) is 0 Å². The van der Waals surface area contributed by atoms with Crippen molar-refractivity contribution in [2.45, 2.75) is 6.42 Å². The van der Waals surface area contributed by atoms with Crippen LogP contribution in [0, 0.1) is 0 Å². The van der Waals surface area contributed by atoms with Crippen molar-refractivity contribution >= 4 is 51.9 Å². The first-order valence-corrected chi connectivity index (χ1v) is 10.2. The van der Waals surface area contributed by atoms with Gasteiger partial charge in [0.15, 0.2) is 0 Å². The zero-order valence-electron chi connectivity index (χ0n) is 14.9. The molecule has 0 aromatic heterocycles. The predicted octanol–water partition coefficient (Wildman–Crippen LogP) is 5.02. The van der Waals surface area contributed by atoms with E-state index in [-0.39, 0.29) is 5.91 Å². The van der Waals surface area contributed by atoms with E-state index in [0.717, 1.165) is 23.3 Å². The number of carbonyl (C=O) groups excluding carboxylic acids is 1. The van der Waals surface area contributed by atoms with E-state index in [4.69, 9.17) is 33.3 Å². The lowest BCUT2D eigenvalue weighted by atomic mass is 10.1. The van der Waals surface area contributed by atoms with Gasteiger partial charge >= 0.3 is 0 Å². The number of rotatable bonds is 8. The molecule has 0 saturated carbocycles. The van der Waals surface area contributed by atoms with Crippen LogP contribution in [0.25, 0.3) is 6.08 Å². The monoisotopic (exact) mass is 431 g/mol. The second-order valence-corrected chi connectivity index (χ2v) is 7.97. The molecule has 0 aliphatic carbocycles. The first-order chi connectivity index (χ1) is 13.6. The van der Waals surface area contributed by atoms with E-state index >= 15 is 0 Å². The zero-order chi connectivity index (χ0) is 19.9. The second-order valence-electron chi connectivity index (χ2n) is 5.84. The SMILES string of the molecule is C=CCc1ccccc1OCCOc1ccc(C=C2SC(=S)NC2=O)cc1Cl. The highest BCUT2D eigenvalue weighted by atomic mass is 35.5. The van der Waals surface area contributed by atoms with Gasteiger partial charge in [-0.2, -0.15) is 0 Å². The van der Waals surface area contributed by atoms with Crippen LogP contribution in [0.1, 0.15) is 11.1 Å². The number of hydrogen-bond acceptors (Lipinski definition) is 5. The Bertz CT molecular complexity index is 943. The van der Waals surface area contributed by atoms with E-state index in [0.29, 0.717) is 33.2 Å².